The van der Waals surface area contributed by atoms with Crippen LogP contribution in [0.5, 0.6) is 0 Å². The third-order valence-electron chi connectivity index (χ3n) is 4.11. The molecule has 1 aromatic rings. The normalized spacial score (nSPS) is 17.8. The van der Waals surface area contributed by atoms with Gasteiger partial charge in [-0.3, -0.25) is 0 Å². The molecule has 0 amide bonds. The van der Waals surface area contributed by atoms with Gasteiger partial charge in [0.1, 0.15) is 0 Å². The van der Waals surface area contributed by atoms with Crippen molar-refractivity contribution in [3.05, 3.63) is 28.8 Å². The van der Waals surface area contributed by atoms with Gasteiger partial charge in [0.2, 0.25) is 0 Å². The molecule has 2 heterocycles. The van der Waals surface area contributed by atoms with Gasteiger partial charge in [-0.2, -0.15) is 5.26 Å². The van der Waals surface area contributed by atoms with Gasteiger partial charge >= 0.3 is 0 Å². The molecule has 0 aromatic heterocycles. The molecule has 0 aliphatic carbocycles. The molecule has 0 atom stereocenters. The quantitative estimate of drug-likeness (QED) is 0.736. The molecule has 17 heavy (non-hydrogen) atoms. The monoisotopic (exact) mass is 226 g/mol. The number of rotatable bonds is 1. The molecule has 2 aliphatic heterocycles. The molecule has 2 heteroatoms. The lowest BCUT2D eigenvalue weighted by atomic mass is 9.83. The molecule has 0 saturated carbocycles. The fourth-order valence-corrected chi connectivity index (χ4v) is 3.02. The van der Waals surface area contributed by atoms with Crippen molar-refractivity contribution >= 4 is 5.69 Å². The fraction of sp³-hybridized carbons (Fsp3) is 0.533. The van der Waals surface area contributed by atoms with E-state index in [1.54, 1.807) is 0 Å². The van der Waals surface area contributed by atoms with Crippen LogP contribution in [-0.2, 0) is 18.3 Å². The number of nitrogens with zero attached hydrogens (tertiary/aromatic N) is 2. The number of anilines is 1. The van der Waals surface area contributed by atoms with E-state index >= 15 is 0 Å². The molecular weight excluding hydrogens is 208 g/mol. The van der Waals surface area contributed by atoms with E-state index in [-0.39, 0.29) is 5.41 Å². The Hall–Kier alpha value is -1.49. The van der Waals surface area contributed by atoms with Gasteiger partial charge in [0.15, 0.2) is 0 Å². The van der Waals surface area contributed by atoms with Crippen LogP contribution in [0.3, 0.4) is 0 Å². The Bertz CT molecular complexity index is 508. The molecule has 0 saturated heterocycles. The zero-order valence-electron chi connectivity index (χ0n) is 10.6. The standard InChI is InChI=1S/C15H18N2/c1-15(2,10-16)13-8-11-4-3-6-17-7-5-12(9-13)14(11)17/h8-9H,3-7H2,1-2H3. The van der Waals surface area contributed by atoms with Crippen LogP contribution in [0.15, 0.2) is 12.1 Å². The van der Waals surface area contributed by atoms with Gasteiger partial charge in [0.05, 0.1) is 11.5 Å². The van der Waals surface area contributed by atoms with Gasteiger partial charge in [-0.1, -0.05) is 12.1 Å². The maximum atomic E-state index is 9.27. The summed E-state index contributed by atoms with van der Waals surface area (Å²) >= 11 is 0. The van der Waals surface area contributed by atoms with Crippen LogP contribution in [-0.4, -0.2) is 13.1 Å². The van der Waals surface area contributed by atoms with E-state index in [0.29, 0.717) is 0 Å². The zero-order valence-corrected chi connectivity index (χ0v) is 10.6. The maximum absolute atomic E-state index is 9.27. The van der Waals surface area contributed by atoms with Crippen molar-refractivity contribution in [2.75, 3.05) is 18.0 Å². The SMILES string of the molecule is CC(C)(C#N)c1cc2c3c(c1)CCN3CCC2. The largest absolute Gasteiger partial charge is 0.371 e. The molecule has 0 bridgehead atoms. The summed E-state index contributed by atoms with van der Waals surface area (Å²) in [5, 5.41) is 9.27. The molecule has 0 N–H and O–H groups in total. The molecule has 0 fully saturated rings. The highest BCUT2D eigenvalue weighted by Crippen LogP contribution is 2.39. The number of nitriles is 1. The summed E-state index contributed by atoms with van der Waals surface area (Å²) in [4.78, 5) is 2.51. The van der Waals surface area contributed by atoms with Crippen molar-refractivity contribution in [1.82, 2.24) is 0 Å². The second kappa shape index (κ2) is 3.50. The maximum Gasteiger partial charge on any atom is 0.0766 e. The van der Waals surface area contributed by atoms with Crippen LogP contribution in [0, 0.1) is 11.3 Å². The van der Waals surface area contributed by atoms with E-state index in [1.807, 2.05) is 13.8 Å². The van der Waals surface area contributed by atoms with Crippen molar-refractivity contribution in [3.8, 4) is 6.07 Å². The molecule has 88 valence electrons. The lowest BCUT2D eigenvalue weighted by Crippen LogP contribution is -2.27. The molecule has 0 radical (unpaired) electrons. The fourth-order valence-electron chi connectivity index (χ4n) is 3.02. The van der Waals surface area contributed by atoms with Crippen LogP contribution < -0.4 is 4.90 Å². The van der Waals surface area contributed by atoms with Crippen molar-refractivity contribution in [2.45, 2.75) is 38.5 Å². The summed E-state index contributed by atoms with van der Waals surface area (Å²) in [6.07, 6.45) is 3.58. The Balaban J connectivity index is 2.15. The first kappa shape index (κ1) is 10.7. The second-order valence-electron chi connectivity index (χ2n) is 5.72. The third kappa shape index (κ3) is 1.53. The number of hydrogen-bond donors (Lipinski definition) is 0. The van der Waals surface area contributed by atoms with E-state index in [9.17, 15) is 5.26 Å². The summed E-state index contributed by atoms with van der Waals surface area (Å²) in [5.41, 5.74) is 5.23. The summed E-state index contributed by atoms with van der Waals surface area (Å²) < 4.78 is 0. The van der Waals surface area contributed by atoms with Crippen molar-refractivity contribution in [3.63, 3.8) is 0 Å². The van der Waals surface area contributed by atoms with Crippen LogP contribution in [0.4, 0.5) is 5.69 Å². The van der Waals surface area contributed by atoms with Crippen LogP contribution >= 0.6 is 0 Å². The molecular formula is C15H18N2. The van der Waals surface area contributed by atoms with Gasteiger partial charge in [-0.05, 0) is 49.8 Å². The lowest BCUT2D eigenvalue weighted by Gasteiger charge is -2.28. The number of aryl methyl sites for hydroxylation is 1. The number of benzene rings is 1. The van der Waals surface area contributed by atoms with E-state index in [2.05, 4.69) is 23.1 Å². The molecule has 0 unspecified atom stereocenters. The van der Waals surface area contributed by atoms with Gasteiger partial charge < -0.3 is 4.90 Å². The molecule has 1 aromatic carbocycles. The highest BCUT2D eigenvalue weighted by Gasteiger charge is 2.29. The highest BCUT2D eigenvalue weighted by molar-refractivity contribution is 5.66. The first-order valence-corrected chi connectivity index (χ1v) is 6.44. The van der Waals surface area contributed by atoms with Gasteiger partial charge in [-0.15, -0.1) is 0 Å². The minimum Gasteiger partial charge on any atom is -0.371 e. The highest BCUT2D eigenvalue weighted by atomic mass is 15.2. The predicted octanol–water partition coefficient (Wildman–Crippen LogP) is 2.80. The Labute approximate surface area is 103 Å². The number of hydrogen-bond acceptors (Lipinski definition) is 2. The zero-order chi connectivity index (χ0) is 12.0. The Kier molecular flexibility index (Phi) is 2.19. The lowest BCUT2D eigenvalue weighted by molar-refractivity contribution is 0.679. The summed E-state index contributed by atoms with van der Waals surface area (Å²) in [7, 11) is 0. The summed E-state index contributed by atoms with van der Waals surface area (Å²) in [6, 6.07) is 6.94. The molecule has 2 nitrogen and oxygen atoms in total. The van der Waals surface area contributed by atoms with E-state index in [0.717, 1.165) is 6.42 Å². The van der Waals surface area contributed by atoms with Gasteiger partial charge in [0, 0.05) is 18.8 Å². The second-order valence-corrected chi connectivity index (χ2v) is 5.72. The summed E-state index contributed by atoms with van der Waals surface area (Å²) in [5.74, 6) is 0. The molecule has 2 aliphatic rings. The van der Waals surface area contributed by atoms with E-state index in [4.69, 9.17) is 0 Å². The first-order chi connectivity index (χ1) is 8.12. The average Bonchev–Trinajstić information content (AvgIpc) is 2.75. The van der Waals surface area contributed by atoms with Crippen molar-refractivity contribution in [1.29, 1.82) is 5.26 Å². The molecule has 3 rings (SSSR count). The first-order valence-electron chi connectivity index (χ1n) is 6.44. The van der Waals surface area contributed by atoms with Crippen LogP contribution in [0.2, 0.25) is 0 Å². The average molecular weight is 226 g/mol. The van der Waals surface area contributed by atoms with Gasteiger partial charge in [-0.25, -0.2) is 0 Å². The molecule has 0 spiro atoms. The minimum atomic E-state index is -0.365. The van der Waals surface area contributed by atoms with E-state index in [1.165, 1.54) is 48.3 Å². The third-order valence-corrected chi connectivity index (χ3v) is 4.11. The Morgan fingerprint density at radius 3 is 2.59 bits per heavy atom. The van der Waals surface area contributed by atoms with Crippen LogP contribution in [0.1, 0.15) is 37.0 Å². The van der Waals surface area contributed by atoms with E-state index < -0.39 is 0 Å². The minimum absolute atomic E-state index is 0.365. The smallest absolute Gasteiger partial charge is 0.0766 e. The van der Waals surface area contributed by atoms with Gasteiger partial charge in [0.25, 0.3) is 0 Å². The van der Waals surface area contributed by atoms with Crippen LogP contribution in [0.25, 0.3) is 0 Å². The van der Waals surface area contributed by atoms with Crippen molar-refractivity contribution in [2.24, 2.45) is 0 Å². The van der Waals surface area contributed by atoms with Crippen molar-refractivity contribution < 1.29 is 0 Å². The summed E-state index contributed by atoms with van der Waals surface area (Å²) in [6.45, 7) is 6.40. The Morgan fingerprint density at radius 2 is 1.88 bits per heavy atom. The topological polar surface area (TPSA) is 27.0 Å². The predicted molar refractivity (Wildman–Crippen MR) is 69.3 cm³/mol. The Morgan fingerprint density at radius 1 is 1.18 bits per heavy atom.